The van der Waals surface area contributed by atoms with Crippen LogP contribution in [0.5, 0.6) is 5.75 Å². The molecule has 21 heavy (non-hydrogen) atoms. The molecule has 0 aromatic heterocycles. The largest absolute Gasteiger partial charge is 0.486 e. The summed E-state index contributed by atoms with van der Waals surface area (Å²) in [6.07, 6.45) is 5.70. The number of likely N-dealkylation sites (N-methyl/N-ethyl adjacent to an activating group) is 1. The fraction of sp³-hybridized carbons (Fsp3) is 0.588. The molecule has 1 amide bonds. The predicted octanol–water partition coefficient (Wildman–Crippen LogP) is 2.72. The van der Waals surface area contributed by atoms with Gasteiger partial charge in [0.1, 0.15) is 17.9 Å². The van der Waals surface area contributed by atoms with Crippen LogP contribution >= 0.6 is 0 Å². The number of nitrogens with zero attached hydrogens (tertiary/aromatic N) is 1. The van der Waals surface area contributed by atoms with E-state index in [1.807, 2.05) is 43.1 Å². The van der Waals surface area contributed by atoms with Gasteiger partial charge in [-0.1, -0.05) is 31.4 Å². The van der Waals surface area contributed by atoms with Crippen LogP contribution in [0, 0.1) is 0 Å². The molecular weight excluding hydrogens is 264 g/mol. The van der Waals surface area contributed by atoms with Gasteiger partial charge in [-0.3, -0.25) is 4.79 Å². The number of para-hydroxylation sites is 2. The lowest BCUT2D eigenvalue weighted by Gasteiger charge is -2.35. The minimum absolute atomic E-state index is 0.141. The molecule has 0 saturated heterocycles. The zero-order valence-electron chi connectivity index (χ0n) is 12.8. The van der Waals surface area contributed by atoms with Gasteiger partial charge in [0, 0.05) is 6.04 Å². The second kappa shape index (κ2) is 6.06. The Morgan fingerprint density at radius 1 is 1.19 bits per heavy atom. The van der Waals surface area contributed by atoms with Crippen LogP contribution in [-0.2, 0) is 4.79 Å². The summed E-state index contributed by atoms with van der Waals surface area (Å²) in [7, 11) is 1.83. The van der Waals surface area contributed by atoms with Crippen molar-refractivity contribution in [2.24, 2.45) is 0 Å². The second-order valence-electron chi connectivity index (χ2n) is 6.06. The quantitative estimate of drug-likeness (QED) is 0.910. The minimum atomic E-state index is -0.292. The van der Waals surface area contributed by atoms with Crippen LogP contribution in [0.4, 0.5) is 5.69 Å². The highest BCUT2D eigenvalue weighted by Gasteiger charge is 2.38. The third-order valence-electron chi connectivity index (χ3n) is 4.66. The van der Waals surface area contributed by atoms with E-state index in [0.717, 1.165) is 24.3 Å². The van der Waals surface area contributed by atoms with Crippen LogP contribution in [0.3, 0.4) is 0 Å². The molecule has 1 saturated carbocycles. The molecule has 1 aromatic rings. The molecular formula is C17H24N2O2. The summed E-state index contributed by atoms with van der Waals surface area (Å²) in [6, 6.07) is 7.93. The summed E-state index contributed by atoms with van der Waals surface area (Å²) in [6.45, 7) is 1.96. The van der Waals surface area contributed by atoms with E-state index in [1.165, 1.54) is 19.3 Å². The van der Waals surface area contributed by atoms with E-state index in [-0.39, 0.29) is 18.1 Å². The van der Waals surface area contributed by atoms with Gasteiger partial charge in [-0.05, 0) is 38.9 Å². The Bertz CT molecular complexity index is 511. The first kappa shape index (κ1) is 14.4. The molecule has 1 heterocycles. The number of hydrogen-bond donors (Lipinski definition) is 1. The van der Waals surface area contributed by atoms with Crippen molar-refractivity contribution in [1.29, 1.82) is 0 Å². The first-order valence-corrected chi connectivity index (χ1v) is 7.98. The maximum atomic E-state index is 13.0. The Morgan fingerprint density at radius 2 is 1.90 bits per heavy atom. The van der Waals surface area contributed by atoms with Crippen molar-refractivity contribution in [3.05, 3.63) is 24.3 Å². The normalized spacial score (nSPS) is 27.0. The summed E-state index contributed by atoms with van der Waals surface area (Å²) in [5, 5.41) is 3.13. The van der Waals surface area contributed by atoms with Crippen LogP contribution in [0.15, 0.2) is 24.3 Å². The fourth-order valence-corrected chi connectivity index (χ4v) is 3.57. The molecule has 114 valence electrons. The van der Waals surface area contributed by atoms with Crippen molar-refractivity contribution in [2.45, 2.75) is 57.2 Å². The van der Waals surface area contributed by atoms with Crippen LogP contribution in [0.2, 0.25) is 0 Å². The summed E-state index contributed by atoms with van der Waals surface area (Å²) in [5.74, 6) is 0.962. The zero-order chi connectivity index (χ0) is 14.8. The van der Waals surface area contributed by atoms with Crippen molar-refractivity contribution in [3.8, 4) is 5.75 Å². The number of rotatable bonds is 2. The molecule has 2 unspecified atom stereocenters. The van der Waals surface area contributed by atoms with Gasteiger partial charge >= 0.3 is 0 Å². The number of benzene rings is 1. The molecule has 1 fully saturated rings. The molecule has 2 atom stereocenters. The van der Waals surface area contributed by atoms with Crippen molar-refractivity contribution in [2.75, 3.05) is 11.9 Å². The predicted molar refractivity (Wildman–Crippen MR) is 83.7 cm³/mol. The maximum Gasteiger partial charge on any atom is 0.248 e. The van der Waals surface area contributed by atoms with E-state index in [4.69, 9.17) is 4.74 Å². The first-order chi connectivity index (χ1) is 10.2. The SMILES string of the molecule is CNC1C(=O)N(C2CCCCC2)c2ccccc2OC1C. The number of nitrogens with one attached hydrogen (secondary N) is 1. The molecule has 4 nitrogen and oxygen atoms in total. The molecule has 4 heteroatoms. The van der Waals surface area contributed by atoms with Crippen LogP contribution < -0.4 is 15.0 Å². The van der Waals surface area contributed by atoms with Gasteiger partial charge in [-0.15, -0.1) is 0 Å². The number of fused-ring (bicyclic) bond motifs is 1. The highest BCUT2D eigenvalue weighted by Crippen LogP contribution is 2.37. The summed E-state index contributed by atoms with van der Waals surface area (Å²) >= 11 is 0. The molecule has 0 radical (unpaired) electrons. The number of amides is 1. The van der Waals surface area contributed by atoms with Crippen LogP contribution in [-0.4, -0.2) is 31.1 Å². The van der Waals surface area contributed by atoms with Crippen molar-refractivity contribution in [1.82, 2.24) is 5.32 Å². The minimum Gasteiger partial charge on any atom is -0.486 e. The number of carbonyl (C=O) groups is 1. The second-order valence-corrected chi connectivity index (χ2v) is 6.06. The van der Waals surface area contributed by atoms with E-state index in [2.05, 4.69) is 5.32 Å². The van der Waals surface area contributed by atoms with E-state index < -0.39 is 0 Å². The third-order valence-corrected chi connectivity index (χ3v) is 4.66. The number of anilines is 1. The van der Waals surface area contributed by atoms with E-state index in [0.29, 0.717) is 6.04 Å². The molecule has 2 aliphatic rings. The topological polar surface area (TPSA) is 41.6 Å². The molecule has 1 aliphatic carbocycles. The Kier molecular flexibility index (Phi) is 4.15. The lowest BCUT2D eigenvalue weighted by molar-refractivity contribution is -0.122. The summed E-state index contributed by atoms with van der Waals surface area (Å²) in [5.41, 5.74) is 0.930. The Labute approximate surface area is 126 Å². The third kappa shape index (κ3) is 2.64. The van der Waals surface area contributed by atoms with Gasteiger partial charge in [0.15, 0.2) is 0 Å². The fourth-order valence-electron chi connectivity index (χ4n) is 3.57. The monoisotopic (exact) mass is 288 g/mol. The van der Waals surface area contributed by atoms with E-state index in [1.54, 1.807) is 0 Å². The number of hydrogen-bond acceptors (Lipinski definition) is 3. The highest BCUT2D eigenvalue weighted by atomic mass is 16.5. The van der Waals surface area contributed by atoms with Gasteiger partial charge in [-0.2, -0.15) is 0 Å². The average Bonchev–Trinajstić information content (AvgIpc) is 2.61. The van der Waals surface area contributed by atoms with Crippen molar-refractivity contribution >= 4 is 11.6 Å². The first-order valence-electron chi connectivity index (χ1n) is 7.98. The standard InChI is InChI=1S/C17H24N2O2/c1-12-16(18-2)17(20)19(13-8-4-3-5-9-13)14-10-6-7-11-15(14)21-12/h6-7,10-13,16,18H,3-5,8-9H2,1-2H3. The summed E-state index contributed by atoms with van der Waals surface area (Å²) < 4.78 is 6.03. The van der Waals surface area contributed by atoms with E-state index in [9.17, 15) is 4.79 Å². The number of ether oxygens (including phenoxy) is 1. The Morgan fingerprint density at radius 3 is 2.62 bits per heavy atom. The molecule has 1 aromatic carbocycles. The molecule has 0 spiro atoms. The molecule has 0 bridgehead atoms. The molecule has 3 rings (SSSR count). The smallest absolute Gasteiger partial charge is 0.248 e. The summed E-state index contributed by atoms with van der Waals surface area (Å²) in [4.78, 5) is 15.0. The van der Waals surface area contributed by atoms with Gasteiger partial charge in [-0.25, -0.2) is 0 Å². The van der Waals surface area contributed by atoms with Gasteiger partial charge in [0.2, 0.25) is 5.91 Å². The molecule has 1 aliphatic heterocycles. The van der Waals surface area contributed by atoms with Crippen LogP contribution in [0.25, 0.3) is 0 Å². The van der Waals surface area contributed by atoms with Gasteiger partial charge in [0.05, 0.1) is 5.69 Å². The lowest BCUT2D eigenvalue weighted by atomic mass is 9.93. The average molecular weight is 288 g/mol. The maximum absolute atomic E-state index is 13.0. The van der Waals surface area contributed by atoms with Gasteiger partial charge < -0.3 is 15.0 Å². The van der Waals surface area contributed by atoms with Crippen molar-refractivity contribution < 1.29 is 9.53 Å². The molecule has 1 N–H and O–H groups in total. The lowest BCUT2D eigenvalue weighted by Crippen LogP contribution is -2.54. The zero-order valence-corrected chi connectivity index (χ0v) is 12.8. The van der Waals surface area contributed by atoms with Gasteiger partial charge in [0.25, 0.3) is 0 Å². The Balaban J connectivity index is 2.02. The Hall–Kier alpha value is -1.55. The van der Waals surface area contributed by atoms with Crippen LogP contribution in [0.1, 0.15) is 39.0 Å². The van der Waals surface area contributed by atoms with E-state index >= 15 is 0 Å². The number of carbonyl (C=O) groups excluding carboxylic acids is 1. The highest BCUT2D eigenvalue weighted by molar-refractivity contribution is 6.00. The van der Waals surface area contributed by atoms with Crippen molar-refractivity contribution in [3.63, 3.8) is 0 Å².